The lowest BCUT2D eigenvalue weighted by atomic mass is 9.89. The Hall–Kier alpha value is -1.95. The normalized spacial score (nSPS) is 14.9. The van der Waals surface area contributed by atoms with Crippen molar-refractivity contribution in [2.24, 2.45) is 5.92 Å². The number of anilines is 2. The second kappa shape index (κ2) is 8.06. The van der Waals surface area contributed by atoms with Gasteiger partial charge in [-0.05, 0) is 49.7 Å². The Balaban J connectivity index is 1.94. The summed E-state index contributed by atoms with van der Waals surface area (Å²) in [5, 5.41) is 8.83. The van der Waals surface area contributed by atoms with Crippen LogP contribution in [-0.2, 0) is 9.59 Å². The predicted molar refractivity (Wildman–Crippen MR) is 96.4 cm³/mol. The fourth-order valence-electron chi connectivity index (χ4n) is 2.77. The lowest BCUT2D eigenvalue weighted by Gasteiger charge is -2.21. The molecule has 23 heavy (non-hydrogen) atoms. The molecule has 0 heterocycles. The molecule has 1 aromatic rings. The van der Waals surface area contributed by atoms with Crippen LogP contribution in [0.2, 0.25) is 0 Å². The molecule has 0 bridgehead atoms. The summed E-state index contributed by atoms with van der Waals surface area (Å²) < 4.78 is 0. The van der Waals surface area contributed by atoms with Crippen LogP contribution in [0.4, 0.5) is 11.4 Å². The van der Waals surface area contributed by atoms with Gasteiger partial charge in [-0.3, -0.25) is 9.59 Å². The van der Waals surface area contributed by atoms with Gasteiger partial charge in [0.05, 0.1) is 0 Å². The fourth-order valence-corrected chi connectivity index (χ4v) is 2.98. The minimum absolute atomic E-state index is 0.00334. The number of rotatable bonds is 3. The summed E-state index contributed by atoms with van der Waals surface area (Å²) in [5.74, 6) is -0.0636. The molecule has 2 rings (SSSR count). The number of hydrogen-bond donors (Lipinski definition) is 3. The van der Waals surface area contributed by atoms with E-state index in [1.807, 2.05) is 19.1 Å². The molecule has 1 fully saturated rings. The molecule has 0 aromatic heterocycles. The first kappa shape index (κ1) is 17.4. The van der Waals surface area contributed by atoms with E-state index in [0.717, 1.165) is 42.6 Å². The van der Waals surface area contributed by atoms with Crippen molar-refractivity contribution in [2.45, 2.75) is 46.0 Å². The van der Waals surface area contributed by atoms with Gasteiger partial charge in [-0.15, -0.1) is 0 Å². The van der Waals surface area contributed by atoms with Gasteiger partial charge in [-0.2, -0.15) is 0 Å². The van der Waals surface area contributed by atoms with E-state index < -0.39 is 0 Å². The van der Waals surface area contributed by atoms with Crippen molar-refractivity contribution < 1.29 is 9.59 Å². The zero-order valence-corrected chi connectivity index (χ0v) is 14.4. The lowest BCUT2D eigenvalue weighted by Crippen LogP contribution is -2.39. The van der Waals surface area contributed by atoms with Gasteiger partial charge in [0.25, 0.3) is 0 Å². The Bertz CT molecular complexity index is 610. The molecule has 1 saturated carbocycles. The number of nitrogens with one attached hydrogen (secondary N) is 3. The number of thiocarbonyl (C=S) groups is 1. The SMILES string of the molecule is CC(=O)Nc1cc(NC(=S)NC(=O)C2CCCCC2)ccc1C. The summed E-state index contributed by atoms with van der Waals surface area (Å²) in [7, 11) is 0. The Morgan fingerprint density at radius 2 is 1.83 bits per heavy atom. The molecule has 0 saturated heterocycles. The smallest absolute Gasteiger partial charge is 0.229 e. The van der Waals surface area contributed by atoms with Crippen molar-refractivity contribution in [1.29, 1.82) is 0 Å². The third kappa shape index (κ3) is 5.32. The predicted octanol–water partition coefficient (Wildman–Crippen LogP) is 3.35. The Labute approximate surface area is 142 Å². The maximum absolute atomic E-state index is 12.2. The highest BCUT2D eigenvalue weighted by Crippen LogP contribution is 2.24. The van der Waals surface area contributed by atoms with E-state index in [-0.39, 0.29) is 17.7 Å². The first-order chi connectivity index (χ1) is 11.0. The van der Waals surface area contributed by atoms with Crippen LogP contribution in [0.1, 0.15) is 44.6 Å². The zero-order chi connectivity index (χ0) is 16.8. The van der Waals surface area contributed by atoms with E-state index in [4.69, 9.17) is 12.2 Å². The van der Waals surface area contributed by atoms with Crippen molar-refractivity contribution in [1.82, 2.24) is 5.32 Å². The van der Waals surface area contributed by atoms with Crippen LogP contribution in [-0.4, -0.2) is 16.9 Å². The topological polar surface area (TPSA) is 70.2 Å². The highest BCUT2D eigenvalue weighted by molar-refractivity contribution is 7.80. The van der Waals surface area contributed by atoms with Crippen molar-refractivity contribution in [2.75, 3.05) is 10.6 Å². The van der Waals surface area contributed by atoms with Crippen LogP contribution in [0.25, 0.3) is 0 Å². The summed E-state index contributed by atoms with van der Waals surface area (Å²) in [5.41, 5.74) is 2.42. The number of carbonyl (C=O) groups is 2. The van der Waals surface area contributed by atoms with E-state index in [1.54, 1.807) is 6.07 Å². The first-order valence-electron chi connectivity index (χ1n) is 7.96. The van der Waals surface area contributed by atoms with Gasteiger partial charge in [0.15, 0.2) is 5.11 Å². The molecule has 5 nitrogen and oxygen atoms in total. The van der Waals surface area contributed by atoms with Crippen LogP contribution in [0.15, 0.2) is 18.2 Å². The quantitative estimate of drug-likeness (QED) is 0.742. The maximum atomic E-state index is 12.2. The van der Waals surface area contributed by atoms with Crippen LogP contribution in [0.5, 0.6) is 0 Å². The molecule has 0 atom stereocenters. The molecule has 1 aliphatic rings. The largest absolute Gasteiger partial charge is 0.332 e. The summed E-state index contributed by atoms with van der Waals surface area (Å²) >= 11 is 5.22. The second-order valence-corrected chi connectivity index (χ2v) is 6.40. The molecule has 0 unspecified atom stereocenters. The number of benzene rings is 1. The third-order valence-electron chi connectivity index (χ3n) is 4.02. The first-order valence-corrected chi connectivity index (χ1v) is 8.36. The minimum atomic E-state index is -0.126. The highest BCUT2D eigenvalue weighted by atomic mass is 32.1. The minimum Gasteiger partial charge on any atom is -0.332 e. The molecule has 1 aromatic carbocycles. The zero-order valence-electron chi connectivity index (χ0n) is 13.6. The fraction of sp³-hybridized carbons (Fsp3) is 0.471. The number of aryl methyl sites for hydroxylation is 1. The third-order valence-corrected chi connectivity index (χ3v) is 4.22. The Morgan fingerprint density at radius 3 is 2.48 bits per heavy atom. The molecule has 0 aliphatic heterocycles. The molecule has 2 amide bonds. The van der Waals surface area contributed by atoms with Gasteiger partial charge in [-0.1, -0.05) is 25.3 Å². The average Bonchev–Trinajstić information content (AvgIpc) is 2.51. The monoisotopic (exact) mass is 333 g/mol. The van der Waals surface area contributed by atoms with Gasteiger partial charge in [0, 0.05) is 24.2 Å². The van der Waals surface area contributed by atoms with Crippen molar-refractivity contribution in [3.63, 3.8) is 0 Å². The molecule has 0 radical (unpaired) electrons. The van der Waals surface area contributed by atoms with E-state index in [1.165, 1.54) is 13.3 Å². The van der Waals surface area contributed by atoms with E-state index in [9.17, 15) is 9.59 Å². The number of hydrogen-bond acceptors (Lipinski definition) is 3. The summed E-state index contributed by atoms with van der Waals surface area (Å²) in [6, 6.07) is 5.55. The maximum Gasteiger partial charge on any atom is 0.229 e. The molecule has 6 heteroatoms. The van der Waals surface area contributed by atoms with E-state index in [0.29, 0.717) is 5.11 Å². The van der Waals surface area contributed by atoms with E-state index in [2.05, 4.69) is 16.0 Å². The molecule has 0 spiro atoms. The molecule has 1 aliphatic carbocycles. The van der Waals surface area contributed by atoms with Crippen LogP contribution in [0, 0.1) is 12.8 Å². The van der Waals surface area contributed by atoms with Gasteiger partial charge in [0.1, 0.15) is 0 Å². The summed E-state index contributed by atoms with van der Waals surface area (Å²) in [6.07, 6.45) is 5.30. The summed E-state index contributed by atoms with van der Waals surface area (Å²) in [4.78, 5) is 23.4. The van der Waals surface area contributed by atoms with E-state index >= 15 is 0 Å². The van der Waals surface area contributed by atoms with Gasteiger partial charge in [0.2, 0.25) is 11.8 Å². The Kier molecular flexibility index (Phi) is 6.10. The van der Waals surface area contributed by atoms with Crippen LogP contribution in [0.3, 0.4) is 0 Å². The van der Waals surface area contributed by atoms with Crippen LogP contribution < -0.4 is 16.0 Å². The van der Waals surface area contributed by atoms with Gasteiger partial charge >= 0.3 is 0 Å². The van der Waals surface area contributed by atoms with Gasteiger partial charge < -0.3 is 16.0 Å². The van der Waals surface area contributed by atoms with Crippen molar-refractivity contribution in [3.05, 3.63) is 23.8 Å². The molecule has 124 valence electrons. The molecular weight excluding hydrogens is 310 g/mol. The van der Waals surface area contributed by atoms with Crippen LogP contribution >= 0.6 is 12.2 Å². The molecule has 3 N–H and O–H groups in total. The number of carbonyl (C=O) groups excluding carboxylic acids is 2. The standard InChI is InChI=1S/C17H23N3O2S/c1-11-8-9-14(10-15(11)18-12(2)21)19-17(23)20-16(22)13-6-4-3-5-7-13/h8-10,13H,3-7H2,1-2H3,(H,18,21)(H2,19,20,22,23). The number of amides is 2. The van der Waals surface area contributed by atoms with Gasteiger partial charge in [-0.25, -0.2) is 0 Å². The highest BCUT2D eigenvalue weighted by Gasteiger charge is 2.21. The Morgan fingerprint density at radius 1 is 1.13 bits per heavy atom. The lowest BCUT2D eigenvalue weighted by molar-refractivity contribution is -0.124. The van der Waals surface area contributed by atoms with Crippen molar-refractivity contribution in [3.8, 4) is 0 Å². The van der Waals surface area contributed by atoms with Crippen molar-refractivity contribution >= 4 is 40.5 Å². The average molecular weight is 333 g/mol. The summed E-state index contributed by atoms with van der Waals surface area (Å²) in [6.45, 7) is 3.38. The molecular formula is C17H23N3O2S. The second-order valence-electron chi connectivity index (χ2n) is 5.99.